The molecule has 1 aliphatic heterocycles. The summed E-state index contributed by atoms with van der Waals surface area (Å²) in [5.41, 5.74) is -0.175. The van der Waals surface area contributed by atoms with Gasteiger partial charge in [-0.05, 0) is 31.4 Å². The second kappa shape index (κ2) is 7.95. The van der Waals surface area contributed by atoms with Gasteiger partial charge in [-0.15, -0.1) is 10.2 Å². The quantitative estimate of drug-likeness (QED) is 0.782. The van der Waals surface area contributed by atoms with E-state index in [0.29, 0.717) is 36.9 Å². The Labute approximate surface area is 159 Å². The molecule has 1 atom stereocenters. The first-order chi connectivity index (χ1) is 12.8. The van der Waals surface area contributed by atoms with Crippen LogP contribution in [0.3, 0.4) is 0 Å². The lowest BCUT2D eigenvalue weighted by Crippen LogP contribution is -2.32. The van der Waals surface area contributed by atoms with E-state index in [2.05, 4.69) is 15.5 Å². The molecule has 0 bridgehead atoms. The van der Waals surface area contributed by atoms with Crippen LogP contribution in [0.4, 0.5) is 14.5 Å². The number of halogens is 2. The third-order valence-corrected chi connectivity index (χ3v) is 7.22. The molecular weight excluding hydrogens is 398 g/mol. The summed E-state index contributed by atoms with van der Waals surface area (Å²) in [5.74, 6) is -2.29. The number of hydrogen-bond acceptors (Lipinski definition) is 6. The first-order valence-corrected chi connectivity index (χ1v) is 10.8. The molecule has 3 rings (SSSR count). The molecule has 2 heterocycles. The minimum atomic E-state index is -3.39. The van der Waals surface area contributed by atoms with Crippen molar-refractivity contribution in [2.75, 3.05) is 17.6 Å². The lowest BCUT2D eigenvalue weighted by molar-refractivity contribution is 0.102. The fraction of sp³-hybridized carbons (Fsp3) is 0.438. The van der Waals surface area contributed by atoms with Gasteiger partial charge in [0.05, 0.1) is 17.5 Å². The molecule has 1 saturated heterocycles. The summed E-state index contributed by atoms with van der Waals surface area (Å²) in [4.78, 5) is 12.3. The van der Waals surface area contributed by atoms with Crippen molar-refractivity contribution in [1.29, 1.82) is 0 Å². The van der Waals surface area contributed by atoms with Gasteiger partial charge in [-0.25, -0.2) is 17.2 Å². The van der Waals surface area contributed by atoms with Gasteiger partial charge in [0.2, 0.25) is 15.0 Å². The molecule has 0 spiro atoms. The lowest BCUT2D eigenvalue weighted by Gasteiger charge is -2.21. The van der Waals surface area contributed by atoms with E-state index in [4.69, 9.17) is 0 Å². The minimum absolute atomic E-state index is 0.0199. The van der Waals surface area contributed by atoms with E-state index in [1.165, 1.54) is 4.31 Å². The topological polar surface area (TPSA) is 92.3 Å². The fourth-order valence-corrected chi connectivity index (χ4v) is 5.63. The predicted molar refractivity (Wildman–Crippen MR) is 97.0 cm³/mol. The van der Waals surface area contributed by atoms with Crippen molar-refractivity contribution < 1.29 is 22.0 Å². The largest absolute Gasteiger partial charge is 0.317 e. The van der Waals surface area contributed by atoms with Crippen LogP contribution in [0.5, 0.6) is 0 Å². The van der Waals surface area contributed by atoms with Crippen molar-refractivity contribution in [2.24, 2.45) is 0 Å². The minimum Gasteiger partial charge on any atom is -0.317 e. The molecule has 11 heteroatoms. The van der Waals surface area contributed by atoms with E-state index >= 15 is 0 Å². The number of carbonyl (C=O) groups is 1. The summed E-state index contributed by atoms with van der Waals surface area (Å²) < 4.78 is 52.8. The number of hydrogen-bond donors (Lipinski definition) is 1. The zero-order valence-electron chi connectivity index (χ0n) is 14.5. The molecule has 7 nitrogen and oxygen atoms in total. The van der Waals surface area contributed by atoms with E-state index in [9.17, 15) is 22.0 Å². The summed E-state index contributed by atoms with van der Waals surface area (Å²) in [6, 6.07) is 2.36. The van der Waals surface area contributed by atoms with Crippen LogP contribution in [0, 0.1) is 11.6 Å². The van der Waals surface area contributed by atoms with Crippen LogP contribution in [-0.4, -0.2) is 41.1 Å². The van der Waals surface area contributed by atoms with Crippen LogP contribution < -0.4 is 5.32 Å². The predicted octanol–water partition coefficient (Wildman–Crippen LogP) is 2.95. The third-order valence-electron chi connectivity index (χ3n) is 4.12. The number of rotatable bonds is 6. The first kappa shape index (κ1) is 19.8. The molecule has 2 aromatic rings. The van der Waals surface area contributed by atoms with Gasteiger partial charge < -0.3 is 5.32 Å². The Morgan fingerprint density at radius 3 is 2.85 bits per heavy atom. The molecule has 1 amide bonds. The zero-order valence-corrected chi connectivity index (χ0v) is 16.1. The van der Waals surface area contributed by atoms with Gasteiger partial charge in [-0.1, -0.05) is 18.3 Å². The van der Waals surface area contributed by atoms with Crippen LogP contribution in [0.2, 0.25) is 0 Å². The lowest BCUT2D eigenvalue weighted by atomic mass is 10.2. The van der Waals surface area contributed by atoms with E-state index in [0.717, 1.165) is 23.5 Å². The van der Waals surface area contributed by atoms with E-state index in [1.807, 2.05) is 0 Å². The van der Waals surface area contributed by atoms with E-state index < -0.39 is 33.6 Å². The number of aromatic nitrogens is 2. The Kier molecular flexibility index (Phi) is 5.82. The maximum Gasteiger partial charge on any atom is 0.286 e. The molecule has 0 aliphatic carbocycles. The number of sulfonamides is 1. The van der Waals surface area contributed by atoms with E-state index in [1.54, 1.807) is 6.92 Å². The van der Waals surface area contributed by atoms with Crippen molar-refractivity contribution in [2.45, 2.75) is 32.2 Å². The van der Waals surface area contributed by atoms with Crippen LogP contribution in [0.1, 0.15) is 47.0 Å². The molecule has 1 aromatic heterocycles. The highest BCUT2D eigenvalue weighted by Crippen LogP contribution is 2.36. The normalized spacial score (nSPS) is 18.0. The highest BCUT2D eigenvalue weighted by molar-refractivity contribution is 7.89. The molecule has 0 saturated carbocycles. The molecule has 1 aliphatic rings. The SMILES string of the molecule is CCCS(=O)(=O)N1CCC[C@@H]1c1nnc(C(=O)Nc2ccc(F)cc2F)s1. The average molecular weight is 416 g/mol. The smallest absolute Gasteiger partial charge is 0.286 e. The van der Waals surface area contributed by atoms with Gasteiger partial charge in [-0.2, -0.15) is 4.31 Å². The number of benzene rings is 1. The van der Waals surface area contributed by atoms with E-state index in [-0.39, 0.29) is 16.4 Å². The van der Waals surface area contributed by atoms with Crippen LogP contribution >= 0.6 is 11.3 Å². The summed E-state index contributed by atoms with van der Waals surface area (Å²) >= 11 is 0.968. The monoisotopic (exact) mass is 416 g/mol. The molecule has 27 heavy (non-hydrogen) atoms. The highest BCUT2D eigenvalue weighted by Gasteiger charge is 2.37. The van der Waals surface area contributed by atoms with Crippen molar-refractivity contribution in [3.8, 4) is 0 Å². The number of nitrogens with zero attached hydrogens (tertiary/aromatic N) is 3. The van der Waals surface area contributed by atoms with Gasteiger partial charge in [-0.3, -0.25) is 4.79 Å². The highest BCUT2D eigenvalue weighted by atomic mass is 32.2. The summed E-state index contributed by atoms with van der Waals surface area (Å²) in [6.45, 7) is 2.21. The van der Waals surface area contributed by atoms with Crippen molar-refractivity contribution in [1.82, 2.24) is 14.5 Å². The molecule has 0 radical (unpaired) electrons. The third kappa shape index (κ3) is 4.30. The molecule has 1 aromatic carbocycles. The fourth-order valence-electron chi connectivity index (χ4n) is 2.92. The van der Waals surface area contributed by atoms with Crippen molar-refractivity contribution in [3.63, 3.8) is 0 Å². The van der Waals surface area contributed by atoms with Crippen LogP contribution in [-0.2, 0) is 10.0 Å². The number of nitrogens with one attached hydrogen (secondary N) is 1. The van der Waals surface area contributed by atoms with Gasteiger partial charge in [0.1, 0.15) is 16.6 Å². The average Bonchev–Trinajstić information content (AvgIpc) is 3.25. The Bertz CT molecular complexity index is 949. The van der Waals surface area contributed by atoms with Gasteiger partial charge >= 0.3 is 0 Å². The van der Waals surface area contributed by atoms with Crippen molar-refractivity contribution in [3.05, 3.63) is 39.8 Å². The zero-order chi connectivity index (χ0) is 19.6. The summed E-state index contributed by atoms with van der Waals surface area (Å²) in [7, 11) is -3.39. The Balaban J connectivity index is 1.77. The maximum atomic E-state index is 13.7. The Morgan fingerprint density at radius 2 is 2.15 bits per heavy atom. The summed E-state index contributed by atoms with van der Waals surface area (Å²) in [6.07, 6.45) is 1.82. The molecule has 0 unspecified atom stereocenters. The second-order valence-electron chi connectivity index (χ2n) is 6.11. The van der Waals surface area contributed by atoms with Gasteiger partial charge in [0.25, 0.3) is 5.91 Å². The second-order valence-corrected chi connectivity index (χ2v) is 9.16. The standard InChI is InChI=1S/C16H18F2N4O3S2/c1-2-8-27(24,25)22-7-3-4-13(22)15-20-21-16(26-15)14(23)19-12-6-5-10(17)9-11(12)18/h5-6,9,13H,2-4,7-8H2,1H3,(H,19,23)/t13-/m1/s1. The van der Waals surface area contributed by atoms with Crippen LogP contribution in [0.25, 0.3) is 0 Å². The first-order valence-electron chi connectivity index (χ1n) is 8.41. The van der Waals surface area contributed by atoms with Gasteiger partial charge in [0, 0.05) is 12.6 Å². The molecular formula is C16H18F2N4O3S2. The summed E-state index contributed by atoms with van der Waals surface area (Å²) in [5, 5.41) is 10.5. The van der Waals surface area contributed by atoms with Crippen LogP contribution in [0.15, 0.2) is 18.2 Å². The number of amides is 1. The number of anilines is 1. The molecule has 1 N–H and O–H groups in total. The molecule has 146 valence electrons. The Hall–Kier alpha value is -1.98. The number of carbonyl (C=O) groups excluding carboxylic acids is 1. The van der Waals surface area contributed by atoms with Gasteiger partial charge in [0.15, 0.2) is 0 Å². The van der Waals surface area contributed by atoms with Crippen molar-refractivity contribution >= 4 is 33.0 Å². The Morgan fingerprint density at radius 1 is 1.37 bits per heavy atom. The maximum absolute atomic E-state index is 13.7. The molecule has 1 fully saturated rings.